The summed E-state index contributed by atoms with van der Waals surface area (Å²) in [5.74, 6) is 2.54. The van der Waals surface area contributed by atoms with E-state index in [-0.39, 0.29) is 6.04 Å². The number of thiophene rings is 1. The van der Waals surface area contributed by atoms with Crippen molar-refractivity contribution < 1.29 is 0 Å². The van der Waals surface area contributed by atoms with E-state index in [1.165, 1.54) is 30.6 Å². The van der Waals surface area contributed by atoms with E-state index >= 15 is 0 Å². The maximum absolute atomic E-state index is 6.33. The fraction of sp³-hybridized carbons (Fsp3) is 0.667. The highest BCUT2D eigenvalue weighted by atomic mass is 35.5. The third kappa shape index (κ3) is 1.63. The fourth-order valence-electron chi connectivity index (χ4n) is 3.30. The maximum Gasteiger partial charge on any atom is 0.0561 e. The zero-order valence-corrected chi connectivity index (χ0v) is 10.2. The van der Waals surface area contributed by atoms with Gasteiger partial charge in [-0.05, 0) is 42.0 Å². The molecule has 3 unspecified atom stereocenters. The lowest BCUT2D eigenvalue weighted by Gasteiger charge is -2.09. The van der Waals surface area contributed by atoms with E-state index in [9.17, 15) is 0 Å². The maximum atomic E-state index is 6.33. The number of hydrogen-bond donors (Lipinski definition) is 1. The van der Waals surface area contributed by atoms with Gasteiger partial charge in [-0.3, -0.25) is 0 Å². The summed E-state index contributed by atoms with van der Waals surface area (Å²) in [6.07, 6.45) is 5.60. The SMILES string of the molecule is NC(c1sccc1Cl)C1C2CCCCC21. The number of halogens is 1. The molecule has 3 heteroatoms. The summed E-state index contributed by atoms with van der Waals surface area (Å²) in [6, 6.07) is 2.17. The minimum absolute atomic E-state index is 0.200. The van der Waals surface area contributed by atoms with Crippen LogP contribution in [0.3, 0.4) is 0 Å². The van der Waals surface area contributed by atoms with Gasteiger partial charge in [0.05, 0.1) is 5.02 Å². The molecule has 1 aromatic heterocycles. The third-order valence-corrected chi connectivity index (χ3v) is 5.54. The van der Waals surface area contributed by atoms with Crippen LogP contribution in [-0.4, -0.2) is 0 Å². The van der Waals surface area contributed by atoms with Gasteiger partial charge in [0, 0.05) is 10.9 Å². The predicted octanol–water partition coefficient (Wildman–Crippen LogP) is 3.84. The lowest BCUT2D eigenvalue weighted by molar-refractivity contribution is 0.480. The summed E-state index contributed by atoms with van der Waals surface area (Å²) in [5.41, 5.74) is 6.33. The normalized spacial score (nSPS) is 36.0. The second kappa shape index (κ2) is 3.76. The molecule has 15 heavy (non-hydrogen) atoms. The van der Waals surface area contributed by atoms with Crippen molar-refractivity contribution in [3.8, 4) is 0 Å². The molecule has 3 rings (SSSR count). The van der Waals surface area contributed by atoms with E-state index in [1.807, 2.05) is 11.4 Å². The molecule has 2 saturated carbocycles. The topological polar surface area (TPSA) is 26.0 Å². The Morgan fingerprint density at radius 3 is 2.53 bits per heavy atom. The molecule has 2 fully saturated rings. The summed E-state index contributed by atoms with van der Waals surface area (Å²) in [5, 5.41) is 2.92. The minimum atomic E-state index is 0.200. The highest BCUT2D eigenvalue weighted by Crippen LogP contribution is 2.60. The first-order valence-corrected chi connectivity index (χ1v) is 7.03. The van der Waals surface area contributed by atoms with Gasteiger partial charge in [-0.15, -0.1) is 11.3 Å². The van der Waals surface area contributed by atoms with Crippen LogP contribution in [0.1, 0.15) is 36.6 Å². The molecule has 0 radical (unpaired) electrons. The van der Waals surface area contributed by atoms with Gasteiger partial charge in [-0.1, -0.05) is 24.4 Å². The van der Waals surface area contributed by atoms with Crippen LogP contribution >= 0.6 is 22.9 Å². The van der Waals surface area contributed by atoms with Crippen LogP contribution in [0, 0.1) is 17.8 Å². The first-order valence-electron chi connectivity index (χ1n) is 5.77. The second-order valence-electron chi connectivity index (χ2n) is 4.85. The summed E-state index contributed by atoms with van der Waals surface area (Å²) >= 11 is 7.85. The van der Waals surface area contributed by atoms with Crippen molar-refractivity contribution in [2.24, 2.45) is 23.5 Å². The average molecular weight is 242 g/mol. The van der Waals surface area contributed by atoms with Crippen LogP contribution in [0.2, 0.25) is 5.02 Å². The molecule has 0 aromatic carbocycles. The van der Waals surface area contributed by atoms with Gasteiger partial charge in [0.2, 0.25) is 0 Å². The van der Waals surface area contributed by atoms with Crippen LogP contribution in [0.5, 0.6) is 0 Å². The van der Waals surface area contributed by atoms with Crippen molar-refractivity contribution in [2.75, 3.05) is 0 Å². The Labute approximate surface area is 99.6 Å². The smallest absolute Gasteiger partial charge is 0.0561 e. The highest BCUT2D eigenvalue weighted by Gasteiger charge is 2.53. The molecule has 1 aromatic rings. The zero-order chi connectivity index (χ0) is 10.4. The Bertz CT molecular complexity index is 350. The molecule has 3 atom stereocenters. The van der Waals surface area contributed by atoms with E-state index in [0.29, 0.717) is 0 Å². The molecule has 2 aliphatic carbocycles. The van der Waals surface area contributed by atoms with Crippen LogP contribution in [-0.2, 0) is 0 Å². The van der Waals surface area contributed by atoms with E-state index in [1.54, 1.807) is 11.3 Å². The quantitative estimate of drug-likeness (QED) is 0.837. The predicted molar refractivity (Wildman–Crippen MR) is 65.2 cm³/mol. The van der Waals surface area contributed by atoms with Crippen molar-refractivity contribution in [1.29, 1.82) is 0 Å². The van der Waals surface area contributed by atoms with E-state index < -0.39 is 0 Å². The Kier molecular flexibility index (Phi) is 2.54. The summed E-state index contributed by atoms with van der Waals surface area (Å²) < 4.78 is 0. The van der Waals surface area contributed by atoms with E-state index in [2.05, 4.69) is 0 Å². The van der Waals surface area contributed by atoms with E-state index in [4.69, 9.17) is 17.3 Å². The molecule has 1 heterocycles. The van der Waals surface area contributed by atoms with Gasteiger partial charge in [0.15, 0.2) is 0 Å². The molecule has 0 bridgehead atoms. The second-order valence-corrected chi connectivity index (χ2v) is 6.20. The molecule has 0 spiro atoms. The number of hydrogen-bond acceptors (Lipinski definition) is 2. The largest absolute Gasteiger partial charge is 0.323 e. The van der Waals surface area contributed by atoms with Crippen LogP contribution in [0.15, 0.2) is 11.4 Å². The lowest BCUT2D eigenvalue weighted by Crippen LogP contribution is -2.13. The average Bonchev–Trinajstić information content (AvgIpc) is 2.83. The van der Waals surface area contributed by atoms with Gasteiger partial charge in [-0.2, -0.15) is 0 Å². The van der Waals surface area contributed by atoms with Crippen molar-refractivity contribution >= 4 is 22.9 Å². The molecule has 2 aliphatic rings. The molecule has 82 valence electrons. The molecular weight excluding hydrogens is 226 g/mol. The Balaban J connectivity index is 1.76. The summed E-state index contributed by atoms with van der Waals surface area (Å²) in [4.78, 5) is 1.20. The molecule has 0 amide bonds. The fourth-order valence-corrected chi connectivity index (χ4v) is 4.54. The van der Waals surface area contributed by atoms with Gasteiger partial charge in [0.25, 0.3) is 0 Å². The molecule has 2 N–H and O–H groups in total. The van der Waals surface area contributed by atoms with Crippen LogP contribution < -0.4 is 5.73 Å². The standard InChI is InChI=1S/C12H16ClNS/c13-9-5-6-15-12(9)11(14)10-7-3-1-2-4-8(7)10/h5-8,10-11H,1-4,14H2. The number of fused-ring (bicyclic) bond motifs is 1. The van der Waals surface area contributed by atoms with Crippen molar-refractivity contribution in [1.82, 2.24) is 0 Å². The molecule has 0 saturated heterocycles. The van der Waals surface area contributed by atoms with Crippen molar-refractivity contribution in [3.63, 3.8) is 0 Å². The monoisotopic (exact) mass is 241 g/mol. The Morgan fingerprint density at radius 2 is 2.00 bits per heavy atom. The Hall–Kier alpha value is -0.0500. The van der Waals surface area contributed by atoms with Crippen LogP contribution in [0.4, 0.5) is 0 Å². The van der Waals surface area contributed by atoms with E-state index in [0.717, 1.165) is 22.8 Å². The van der Waals surface area contributed by atoms with Gasteiger partial charge < -0.3 is 5.73 Å². The van der Waals surface area contributed by atoms with Gasteiger partial charge in [0.1, 0.15) is 0 Å². The molecule has 0 aliphatic heterocycles. The minimum Gasteiger partial charge on any atom is -0.323 e. The lowest BCUT2D eigenvalue weighted by atomic mass is 10.0. The van der Waals surface area contributed by atoms with Gasteiger partial charge >= 0.3 is 0 Å². The Morgan fingerprint density at radius 1 is 1.33 bits per heavy atom. The molecular formula is C12H16ClNS. The highest BCUT2D eigenvalue weighted by molar-refractivity contribution is 7.10. The van der Waals surface area contributed by atoms with Gasteiger partial charge in [-0.25, -0.2) is 0 Å². The molecule has 1 nitrogen and oxygen atoms in total. The summed E-state index contributed by atoms with van der Waals surface area (Å²) in [7, 11) is 0. The first kappa shape index (κ1) is 10.1. The summed E-state index contributed by atoms with van der Waals surface area (Å²) in [6.45, 7) is 0. The van der Waals surface area contributed by atoms with Crippen LogP contribution in [0.25, 0.3) is 0 Å². The van der Waals surface area contributed by atoms with Crippen molar-refractivity contribution in [2.45, 2.75) is 31.7 Å². The number of rotatable bonds is 2. The number of nitrogens with two attached hydrogens (primary N) is 1. The zero-order valence-electron chi connectivity index (χ0n) is 8.66. The first-order chi connectivity index (χ1) is 7.29. The van der Waals surface area contributed by atoms with Crippen molar-refractivity contribution in [3.05, 3.63) is 21.3 Å². The third-order valence-electron chi connectivity index (χ3n) is 4.08.